The lowest BCUT2D eigenvalue weighted by Gasteiger charge is -2.36. The molecule has 1 N–H and O–H groups in total. The molecule has 0 amide bonds. The number of nitrogens with zero attached hydrogens (tertiary/aromatic N) is 1. The summed E-state index contributed by atoms with van der Waals surface area (Å²) in [6.07, 6.45) is 0.750. The van der Waals surface area contributed by atoms with Gasteiger partial charge in [-0.3, -0.25) is 9.69 Å². The molecule has 1 heterocycles. The second kappa shape index (κ2) is 7.70. The first-order chi connectivity index (χ1) is 11.0. The van der Waals surface area contributed by atoms with Crippen LogP contribution in [-0.4, -0.2) is 59.2 Å². The molecule has 1 fully saturated rings. The Balaban J connectivity index is 2.10. The quantitative estimate of drug-likeness (QED) is 0.725. The second-order valence-corrected chi connectivity index (χ2v) is 6.69. The molecule has 1 atom stereocenters. The lowest BCUT2D eigenvalue weighted by molar-refractivity contribution is -0.150. The van der Waals surface area contributed by atoms with Gasteiger partial charge in [-0.25, -0.2) is 4.79 Å². The van der Waals surface area contributed by atoms with Crippen molar-refractivity contribution >= 4 is 23.5 Å². The Kier molecular flexibility index (Phi) is 5.90. The zero-order valence-corrected chi connectivity index (χ0v) is 14.1. The SMILES string of the molecule is CCC1(COc2ccccc2OC)SCCN1CC(=O)C(=O)O. The van der Waals surface area contributed by atoms with E-state index in [9.17, 15) is 9.59 Å². The van der Waals surface area contributed by atoms with Crippen molar-refractivity contribution in [3.63, 3.8) is 0 Å². The van der Waals surface area contributed by atoms with Gasteiger partial charge in [0, 0.05) is 12.3 Å². The van der Waals surface area contributed by atoms with Gasteiger partial charge >= 0.3 is 5.97 Å². The fraction of sp³-hybridized carbons (Fsp3) is 0.500. The standard InChI is InChI=1S/C16H21NO5S/c1-3-16(11-22-14-7-5-4-6-13(14)21-2)17(8-9-23-16)10-12(18)15(19)20/h4-7H,3,8-11H2,1-2H3,(H,19,20). The monoisotopic (exact) mass is 339 g/mol. The molecule has 0 aliphatic carbocycles. The number of carboxylic acids is 1. The Bertz CT molecular complexity index is 579. The zero-order chi connectivity index (χ0) is 16.9. The van der Waals surface area contributed by atoms with Gasteiger partial charge in [0.25, 0.3) is 5.78 Å². The number of para-hydroxylation sites is 2. The highest BCUT2D eigenvalue weighted by atomic mass is 32.2. The van der Waals surface area contributed by atoms with E-state index < -0.39 is 16.6 Å². The van der Waals surface area contributed by atoms with Crippen molar-refractivity contribution in [2.45, 2.75) is 18.2 Å². The molecule has 0 radical (unpaired) electrons. The van der Waals surface area contributed by atoms with Crippen molar-refractivity contribution in [1.29, 1.82) is 0 Å². The van der Waals surface area contributed by atoms with Gasteiger partial charge in [-0.1, -0.05) is 19.1 Å². The average Bonchev–Trinajstić information content (AvgIpc) is 2.96. The molecular formula is C16H21NO5S. The summed E-state index contributed by atoms with van der Waals surface area (Å²) in [5.74, 6) is -0.0503. The molecular weight excluding hydrogens is 318 g/mol. The van der Waals surface area contributed by atoms with E-state index in [0.29, 0.717) is 24.7 Å². The molecule has 1 unspecified atom stereocenters. The highest BCUT2D eigenvalue weighted by Crippen LogP contribution is 2.39. The summed E-state index contributed by atoms with van der Waals surface area (Å²) in [5.41, 5.74) is 0. The van der Waals surface area contributed by atoms with Gasteiger partial charge in [0.15, 0.2) is 11.5 Å². The molecule has 23 heavy (non-hydrogen) atoms. The van der Waals surface area contributed by atoms with Gasteiger partial charge in [0.2, 0.25) is 0 Å². The number of rotatable bonds is 8. The van der Waals surface area contributed by atoms with Crippen LogP contribution < -0.4 is 9.47 Å². The van der Waals surface area contributed by atoms with E-state index in [1.165, 1.54) is 0 Å². The van der Waals surface area contributed by atoms with Crippen LogP contribution in [0.25, 0.3) is 0 Å². The number of carboxylic acid groups (broad SMARTS) is 1. The van der Waals surface area contributed by atoms with E-state index in [4.69, 9.17) is 14.6 Å². The zero-order valence-electron chi connectivity index (χ0n) is 13.3. The first-order valence-corrected chi connectivity index (χ1v) is 8.42. The molecule has 0 spiro atoms. The summed E-state index contributed by atoms with van der Waals surface area (Å²) in [6.45, 7) is 2.96. The number of ketones is 1. The van der Waals surface area contributed by atoms with Crippen molar-refractivity contribution < 1.29 is 24.2 Å². The van der Waals surface area contributed by atoms with Gasteiger partial charge in [0.1, 0.15) is 11.5 Å². The predicted octanol–water partition coefficient (Wildman–Crippen LogP) is 1.88. The largest absolute Gasteiger partial charge is 0.493 e. The Hall–Kier alpha value is -1.73. The fourth-order valence-electron chi connectivity index (χ4n) is 2.59. The lowest BCUT2D eigenvalue weighted by Crippen LogP contribution is -2.49. The Morgan fingerprint density at radius 3 is 2.65 bits per heavy atom. The fourth-order valence-corrected chi connectivity index (χ4v) is 3.97. The summed E-state index contributed by atoms with van der Waals surface area (Å²) in [4.78, 5) is 23.9. The Morgan fingerprint density at radius 1 is 1.35 bits per heavy atom. The van der Waals surface area contributed by atoms with Crippen LogP contribution in [0.4, 0.5) is 0 Å². The lowest BCUT2D eigenvalue weighted by atomic mass is 10.1. The van der Waals surface area contributed by atoms with Gasteiger partial charge in [-0.2, -0.15) is 0 Å². The number of carbonyl (C=O) groups excluding carboxylic acids is 1. The van der Waals surface area contributed by atoms with Crippen LogP contribution >= 0.6 is 11.8 Å². The third-order valence-corrected chi connectivity index (χ3v) is 5.54. The molecule has 2 rings (SSSR count). The highest BCUT2D eigenvalue weighted by molar-refractivity contribution is 8.00. The van der Waals surface area contributed by atoms with Crippen LogP contribution in [0.1, 0.15) is 13.3 Å². The number of carbonyl (C=O) groups is 2. The molecule has 6 nitrogen and oxygen atoms in total. The molecule has 7 heteroatoms. The number of ether oxygens (including phenoxy) is 2. The summed E-state index contributed by atoms with van der Waals surface area (Å²) in [5, 5.41) is 8.83. The van der Waals surface area contributed by atoms with Gasteiger partial charge < -0.3 is 14.6 Å². The maximum absolute atomic E-state index is 11.6. The topological polar surface area (TPSA) is 76.1 Å². The summed E-state index contributed by atoms with van der Waals surface area (Å²) < 4.78 is 11.2. The second-order valence-electron chi connectivity index (χ2n) is 5.24. The number of hydrogen-bond acceptors (Lipinski definition) is 6. The summed E-state index contributed by atoms with van der Waals surface area (Å²) in [7, 11) is 1.58. The van der Waals surface area contributed by atoms with Crippen molar-refractivity contribution in [3.05, 3.63) is 24.3 Å². The minimum atomic E-state index is -1.39. The number of methoxy groups -OCH3 is 1. The molecule has 126 valence electrons. The molecule has 1 aliphatic heterocycles. The Labute approximate surface area is 139 Å². The normalized spacial score (nSPS) is 21.1. The van der Waals surface area contributed by atoms with E-state index in [1.807, 2.05) is 36.1 Å². The van der Waals surface area contributed by atoms with Crippen LogP contribution in [0, 0.1) is 0 Å². The van der Waals surface area contributed by atoms with E-state index in [1.54, 1.807) is 18.9 Å². The number of hydrogen-bond donors (Lipinski definition) is 1. The predicted molar refractivity (Wildman–Crippen MR) is 88.2 cm³/mol. The number of aliphatic carboxylic acids is 1. The first-order valence-electron chi connectivity index (χ1n) is 7.43. The third kappa shape index (κ3) is 3.97. The minimum Gasteiger partial charge on any atom is -0.493 e. The summed E-state index contributed by atoms with van der Waals surface area (Å²) in [6, 6.07) is 7.38. The van der Waals surface area contributed by atoms with Crippen LogP contribution in [-0.2, 0) is 9.59 Å². The number of benzene rings is 1. The van der Waals surface area contributed by atoms with Gasteiger partial charge in [-0.05, 0) is 18.6 Å². The molecule has 1 aliphatic rings. The number of Topliss-reactive ketones (excluding diaryl/α,β-unsaturated/α-hetero) is 1. The van der Waals surface area contributed by atoms with E-state index in [0.717, 1.165) is 12.2 Å². The molecule has 1 aromatic rings. The van der Waals surface area contributed by atoms with Crippen molar-refractivity contribution in [2.24, 2.45) is 0 Å². The highest BCUT2D eigenvalue weighted by Gasteiger charge is 2.42. The van der Waals surface area contributed by atoms with E-state index in [-0.39, 0.29) is 6.54 Å². The minimum absolute atomic E-state index is 0.0918. The third-order valence-electron chi connectivity index (χ3n) is 3.96. The van der Waals surface area contributed by atoms with Crippen LogP contribution in [0.15, 0.2) is 24.3 Å². The van der Waals surface area contributed by atoms with Crippen LogP contribution in [0.5, 0.6) is 11.5 Å². The molecule has 0 aromatic heterocycles. The maximum Gasteiger partial charge on any atom is 0.373 e. The maximum atomic E-state index is 11.6. The van der Waals surface area contributed by atoms with Crippen LogP contribution in [0.3, 0.4) is 0 Å². The smallest absolute Gasteiger partial charge is 0.373 e. The molecule has 1 aromatic carbocycles. The van der Waals surface area contributed by atoms with Gasteiger partial charge in [-0.15, -0.1) is 11.8 Å². The number of thioether (sulfide) groups is 1. The summed E-state index contributed by atoms with van der Waals surface area (Å²) >= 11 is 1.70. The van der Waals surface area contributed by atoms with Gasteiger partial charge in [0.05, 0.1) is 13.7 Å². The van der Waals surface area contributed by atoms with Crippen molar-refractivity contribution in [1.82, 2.24) is 4.90 Å². The van der Waals surface area contributed by atoms with Crippen molar-refractivity contribution in [3.8, 4) is 11.5 Å². The van der Waals surface area contributed by atoms with E-state index >= 15 is 0 Å². The van der Waals surface area contributed by atoms with Crippen LogP contribution in [0.2, 0.25) is 0 Å². The first kappa shape index (κ1) is 17.6. The molecule has 1 saturated heterocycles. The molecule has 0 bridgehead atoms. The van der Waals surface area contributed by atoms with Crippen molar-refractivity contribution in [2.75, 3.05) is 32.6 Å². The average molecular weight is 339 g/mol. The Morgan fingerprint density at radius 2 is 2.04 bits per heavy atom. The molecule has 0 saturated carbocycles. The van der Waals surface area contributed by atoms with E-state index in [2.05, 4.69) is 0 Å².